The summed E-state index contributed by atoms with van der Waals surface area (Å²) < 4.78 is 5.06. The normalized spacial score (nSPS) is 11.2. The summed E-state index contributed by atoms with van der Waals surface area (Å²) in [5.74, 6) is 0.430. The molecule has 0 amide bonds. The average Bonchev–Trinajstić information content (AvgIpc) is 2.56. The van der Waals surface area contributed by atoms with Crippen molar-refractivity contribution in [3.8, 4) is 11.5 Å². The maximum absolute atomic E-state index is 10.6. The van der Waals surface area contributed by atoms with E-state index in [0.717, 1.165) is 16.6 Å². The number of nitro groups is 1. The maximum Gasteiger partial charge on any atom is 0.269 e. The van der Waals surface area contributed by atoms with Crippen LogP contribution in [0.15, 0.2) is 41.6 Å². The van der Waals surface area contributed by atoms with E-state index in [1.165, 1.54) is 19.2 Å². The molecule has 0 aromatic heterocycles. The van der Waals surface area contributed by atoms with Gasteiger partial charge >= 0.3 is 0 Å². The molecule has 0 saturated carbocycles. The Bertz CT molecular complexity index is 775. The lowest BCUT2D eigenvalue weighted by molar-refractivity contribution is -0.384. The summed E-state index contributed by atoms with van der Waals surface area (Å²) in [6, 6.07) is 9.37. The highest BCUT2D eigenvalue weighted by molar-refractivity contribution is 6.37. The van der Waals surface area contributed by atoms with Crippen LogP contribution in [0.3, 0.4) is 0 Å². The van der Waals surface area contributed by atoms with Gasteiger partial charge in [-0.1, -0.05) is 10.6 Å². The van der Waals surface area contributed by atoms with Crippen LogP contribution in [0.4, 0.5) is 5.69 Å². The monoisotopic (exact) mass is 328 g/mol. The highest BCUT2D eigenvalue weighted by Crippen LogP contribution is 2.25. The molecule has 0 heterocycles. The number of nitrogens with zero attached hydrogens (tertiary/aromatic N) is 2. The maximum atomic E-state index is 10.6. The van der Waals surface area contributed by atoms with Gasteiger partial charge in [0, 0.05) is 12.1 Å². The second kappa shape index (κ2) is 7.50. The Labute approximate surface area is 140 Å². The molecule has 0 unspecified atom stereocenters. The van der Waals surface area contributed by atoms with Crippen molar-refractivity contribution in [3.63, 3.8) is 0 Å². The van der Waals surface area contributed by atoms with Crippen molar-refractivity contribution in [1.82, 2.24) is 0 Å². The molecular weight excluding hydrogens is 311 g/mol. The lowest BCUT2D eigenvalue weighted by atomic mass is 9.88. The van der Waals surface area contributed by atoms with E-state index in [4.69, 9.17) is 9.57 Å². The van der Waals surface area contributed by atoms with E-state index in [2.05, 4.69) is 5.16 Å². The van der Waals surface area contributed by atoms with Gasteiger partial charge in [0.05, 0.1) is 17.7 Å². The molecule has 0 saturated heterocycles. The third kappa shape index (κ3) is 4.04. The molecule has 7 nitrogen and oxygen atoms in total. The minimum atomic E-state index is -0.453. The Hall–Kier alpha value is -3.03. The molecule has 8 heteroatoms. The third-order valence-corrected chi connectivity index (χ3v) is 3.50. The van der Waals surface area contributed by atoms with Crippen molar-refractivity contribution in [2.75, 3.05) is 7.11 Å². The first-order valence-corrected chi connectivity index (χ1v) is 7.20. The number of non-ortho nitro benzene ring substituents is 1. The van der Waals surface area contributed by atoms with Crippen LogP contribution in [0, 0.1) is 10.1 Å². The van der Waals surface area contributed by atoms with Crippen LogP contribution in [-0.2, 0) is 11.4 Å². The zero-order valence-electron chi connectivity index (χ0n) is 13.6. The minimum Gasteiger partial charge on any atom is -0.504 e. The molecule has 2 aromatic rings. The number of rotatable bonds is 6. The third-order valence-electron chi connectivity index (χ3n) is 3.50. The van der Waals surface area contributed by atoms with Crippen molar-refractivity contribution in [2.45, 2.75) is 13.5 Å². The first-order chi connectivity index (χ1) is 11.4. The number of aromatic hydroxyl groups is 1. The van der Waals surface area contributed by atoms with E-state index >= 15 is 0 Å². The standard InChI is InChI=1S/C16H17BN2O5/c1-10(13-7-15(20)16(23-2)8-14(13)17)18-24-9-11-3-5-12(6-4-11)19(21)22/h3-8,20H,9,17H2,1-2H3/b18-10+. The SMILES string of the molecule is Bc1cc(OC)c(O)cc1/C(C)=N/OCc1ccc([N+](=O)[O-])cc1. The molecule has 0 atom stereocenters. The van der Waals surface area contributed by atoms with Crippen LogP contribution in [0.1, 0.15) is 18.1 Å². The molecule has 0 aliphatic rings. The van der Waals surface area contributed by atoms with E-state index in [1.807, 2.05) is 7.85 Å². The summed E-state index contributed by atoms with van der Waals surface area (Å²) in [6.07, 6.45) is 0. The topological polar surface area (TPSA) is 94.2 Å². The predicted octanol–water partition coefficient (Wildman–Crippen LogP) is 1.51. The fourth-order valence-corrected chi connectivity index (χ4v) is 2.19. The van der Waals surface area contributed by atoms with E-state index in [0.29, 0.717) is 11.5 Å². The summed E-state index contributed by atoms with van der Waals surface area (Å²) in [5.41, 5.74) is 3.04. The fourth-order valence-electron chi connectivity index (χ4n) is 2.19. The highest BCUT2D eigenvalue weighted by atomic mass is 16.6. The molecule has 0 aliphatic heterocycles. The second-order valence-electron chi connectivity index (χ2n) is 5.21. The summed E-state index contributed by atoms with van der Waals surface area (Å²) in [5, 5.41) is 24.5. The number of nitro benzene ring substituents is 1. The molecule has 0 radical (unpaired) electrons. The molecule has 2 aromatic carbocycles. The number of hydrogen-bond acceptors (Lipinski definition) is 6. The largest absolute Gasteiger partial charge is 0.504 e. The van der Waals surface area contributed by atoms with Gasteiger partial charge in [-0.15, -0.1) is 0 Å². The van der Waals surface area contributed by atoms with Gasteiger partial charge in [0.25, 0.3) is 5.69 Å². The number of methoxy groups -OCH3 is 1. The van der Waals surface area contributed by atoms with Crippen molar-refractivity contribution >= 4 is 24.7 Å². The summed E-state index contributed by atoms with van der Waals surface area (Å²) in [4.78, 5) is 15.4. The summed E-state index contributed by atoms with van der Waals surface area (Å²) in [7, 11) is 3.37. The smallest absolute Gasteiger partial charge is 0.269 e. The molecule has 1 N–H and O–H groups in total. The number of benzene rings is 2. The Balaban J connectivity index is 2.06. The average molecular weight is 328 g/mol. The van der Waals surface area contributed by atoms with E-state index in [-0.39, 0.29) is 18.0 Å². The van der Waals surface area contributed by atoms with Gasteiger partial charge in [-0.25, -0.2) is 0 Å². The molecule has 0 spiro atoms. The first kappa shape index (κ1) is 17.3. The molecule has 24 heavy (non-hydrogen) atoms. The number of phenols is 1. The lowest BCUT2D eigenvalue weighted by Gasteiger charge is -2.10. The molecule has 0 aliphatic carbocycles. The molecule has 0 bridgehead atoms. The lowest BCUT2D eigenvalue weighted by Crippen LogP contribution is -2.15. The molecular formula is C16H17BN2O5. The summed E-state index contributed by atoms with van der Waals surface area (Å²) >= 11 is 0. The van der Waals surface area contributed by atoms with Gasteiger partial charge < -0.3 is 14.7 Å². The number of hydrogen-bond donors (Lipinski definition) is 1. The highest BCUT2D eigenvalue weighted by Gasteiger charge is 2.09. The molecule has 2 rings (SSSR count). The Morgan fingerprint density at radius 1 is 1.33 bits per heavy atom. The number of oxime groups is 1. The van der Waals surface area contributed by atoms with Crippen molar-refractivity contribution in [3.05, 3.63) is 57.6 Å². The van der Waals surface area contributed by atoms with Crippen molar-refractivity contribution in [2.24, 2.45) is 5.16 Å². The van der Waals surface area contributed by atoms with Crippen LogP contribution in [0.2, 0.25) is 0 Å². The van der Waals surface area contributed by atoms with Gasteiger partial charge in [-0.3, -0.25) is 10.1 Å². The quantitative estimate of drug-likeness (QED) is 0.375. The van der Waals surface area contributed by atoms with Crippen LogP contribution < -0.4 is 10.2 Å². The van der Waals surface area contributed by atoms with Crippen molar-refractivity contribution < 1.29 is 19.6 Å². The fraction of sp³-hybridized carbons (Fsp3) is 0.188. The Kier molecular flexibility index (Phi) is 5.41. The zero-order valence-corrected chi connectivity index (χ0v) is 13.6. The van der Waals surface area contributed by atoms with Gasteiger partial charge in [-0.05, 0) is 42.3 Å². The van der Waals surface area contributed by atoms with E-state index < -0.39 is 4.92 Å². The second-order valence-corrected chi connectivity index (χ2v) is 5.21. The Morgan fingerprint density at radius 3 is 2.58 bits per heavy atom. The van der Waals surface area contributed by atoms with Crippen LogP contribution in [0.25, 0.3) is 0 Å². The summed E-state index contributed by atoms with van der Waals surface area (Å²) in [6.45, 7) is 1.96. The molecule has 0 fully saturated rings. The minimum absolute atomic E-state index is 0.0303. The van der Waals surface area contributed by atoms with E-state index in [1.54, 1.807) is 31.2 Å². The van der Waals surface area contributed by atoms with Crippen molar-refractivity contribution in [1.29, 1.82) is 0 Å². The predicted molar refractivity (Wildman–Crippen MR) is 92.9 cm³/mol. The number of phenolic OH excluding ortho intramolecular Hbond substituents is 1. The van der Waals surface area contributed by atoms with E-state index in [9.17, 15) is 15.2 Å². The number of ether oxygens (including phenoxy) is 1. The molecule has 124 valence electrons. The first-order valence-electron chi connectivity index (χ1n) is 7.20. The van der Waals surface area contributed by atoms with Crippen LogP contribution >= 0.6 is 0 Å². The van der Waals surface area contributed by atoms with Gasteiger partial charge in [0.15, 0.2) is 11.5 Å². The van der Waals surface area contributed by atoms with Crippen LogP contribution in [0.5, 0.6) is 11.5 Å². The van der Waals surface area contributed by atoms with Crippen LogP contribution in [-0.4, -0.2) is 30.7 Å². The van der Waals surface area contributed by atoms with Gasteiger partial charge in [-0.2, -0.15) is 0 Å². The zero-order chi connectivity index (χ0) is 17.7. The van der Waals surface area contributed by atoms with Gasteiger partial charge in [0.1, 0.15) is 14.5 Å². The van der Waals surface area contributed by atoms with Gasteiger partial charge in [0.2, 0.25) is 0 Å². The Morgan fingerprint density at radius 2 is 2.00 bits per heavy atom.